The molecule has 0 spiro atoms. The molecule has 0 fully saturated rings. The van der Waals surface area contributed by atoms with E-state index in [-0.39, 0.29) is 5.56 Å². The number of nitrogens with zero attached hydrogens (tertiary/aromatic N) is 3. The smallest absolute Gasteiger partial charge is 0.199 e. The fraction of sp³-hybridized carbons (Fsp3) is 0. The minimum absolute atomic E-state index is 0.00684. The molecule has 0 saturated heterocycles. The molecule has 0 aliphatic carbocycles. The molecule has 2 heterocycles. The molecule has 0 aliphatic heterocycles. The predicted molar refractivity (Wildman–Crippen MR) is 71.2 cm³/mol. The second kappa shape index (κ2) is 5.05. The van der Waals surface area contributed by atoms with Crippen LogP contribution in [0.1, 0.15) is 15.9 Å². The lowest BCUT2D eigenvalue weighted by Gasteiger charge is -2.00. The topological polar surface area (TPSA) is 47.8 Å². The van der Waals surface area contributed by atoms with E-state index in [0.29, 0.717) is 5.56 Å². The Morgan fingerprint density at radius 2 is 1.90 bits per heavy atom. The van der Waals surface area contributed by atoms with E-state index in [2.05, 4.69) is 10.1 Å². The highest BCUT2D eigenvalue weighted by molar-refractivity contribution is 6.08. The highest BCUT2D eigenvalue weighted by Gasteiger charge is 2.15. The Morgan fingerprint density at radius 1 is 1.10 bits per heavy atom. The Morgan fingerprint density at radius 3 is 2.65 bits per heavy atom. The van der Waals surface area contributed by atoms with Crippen molar-refractivity contribution < 1.29 is 9.18 Å². The van der Waals surface area contributed by atoms with Crippen molar-refractivity contribution in [3.63, 3.8) is 0 Å². The predicted octanol–water partition coefficient (Wildman–Crippen LogP) is 2.64. The van der Waals surface area contributed by atoms with Crippen molar-refractivity contribution >= 4 is 5.78 Å². The van der Waals surface area contributed by atoms with Gasteiger partial charge in [-0.3, -0.25) is 9.78 Å². The van der Waals surface area contributed by atoms with Gasteiger partial charge in [-0.1, -0.05) is 18.2 Å². The Balaban J connectivity index is 1.95. The van der Waals surface area contributed by atoms with Gasteiger partial charge in [-0.25, -0.2) is 9.07 Å². The summed E-state index contributed by atoms with van der Waals surface area (Å²) in [5, 5.41) is 4.12. The number of hydrogen-bond donors (Lipinski definition) is 0. The van der Waals surface area contributed by atoms with Gasteiger partial charge in [-0.15, -0.1) is 0 Å². The highest BCUT2D eigenvalue weighted by atomic mass is 19.1. The maximum Gasteiger partial charge on any atom is 0.199 e. The highest BCUT2D eigenvalue weighted by Crippen LogP contribution is 2.14. The van der Waals surface area contributed by atoms with Gasteiger partial charge in [0.2, 0.25) is 0 Å². The van der Waals surface area contributed by atoms with Gasteiger partial charge in [0.05, 0.1) is 29.2 Å². The largest absolute Gasteiger partial charge is 0.288 e. The molecule has 4 nitrogen and oxygen atoms in total. The molecule has 0 amide bonds. The first kappa shape index (κ1) is 12.2. The van der Waals surface area contributed by atoms with Crippen LogP contribution < -0.4 is 0 Å². The fourth-order valence-corrected chi connectivity index (χ4v) is 1.88. The molecule has 0 saturated carbocycles. The number of para-hydroxylation sites is 1. The normalized spacial score (nSPS) is 10.4. The lowest BCUT2D eigenvalue weighted by Crippen LogP contribution is -2.03. The van der Waals surface area contributed by atoms with Crippen LogP contribution in [0.4, 0.5) is 4.39 Å². The number of carbonyl (C=O) groups excluding carboxylic acids is 1. The van der Waals surface area contributed by atoms with Crippen molar-refractivity contribution in [1.82, 2.24) is 14.8 Å². The number of aromatic nitrogens is 3. The van der Waals surface area contributed by atoms with Gasteiger partial charge in [0.1, 0.15) is 0 Å². The lowest BCUT2D eigenvalue weighted by molar-refractivity contribution is 0.103. The molecular formula is C15H10FN3O. The number of ketones is 1. The van der Waals surface area contributed by atoms with Gasteiger partial charge in [-0.2, -0.15) is 5.10 Å². The molecule has 0 aliphatic rings. The van der Waals surface area contributed by atoms with Gasteiger partial charge < -0.3 is 0 Å². The maximum absolute atomic E-state index is 13.5. The lowest BCUT2D eigenvalue weighted by atomic mass is 10.1. The fourth-order valence-electron chi connectivity index (χ4n) is 1.88. The number of hydrogen-bond acceptors (Lipinski definition) is 3. The van der Waals surface area contributed by atoms with Crippen LogP contribution >= 0.6 is 0 Å². The third-order valence-corrected chi connectivity index (χ3v) is 2.88. The molecule has 5 heteroatoms. The molecule has 0 bridgehead atoms. The third kappa shape index (κ3) is 2.21. The zero-order valence-corrected chi connectivity index (χ0v) is 10.4. The number of benzene rings is 1. The average Bonchev–Trinajstić information content (AvgIpc) is 2.98. The standard InChI is InChI=1S/C15H10FN3O/c16-14-9-17-7-6-13(14)15(20)11-8-18-19(10-11)12-4-2-1-3-5-12/h1-10H. The van der Waals surface area contributed by atoms with Crippen LogP contribution in [-0.2, 0) is 0 Å². The van der Waals surface area contributed by atoms with E-state index >= 15 is 0 Å². The summed E-state index contributed by atoms with van der Waals surface area (Å²) >= 11 is 0. The van der Waals surface area contributed by atoms with Crippen molar-refractivity contribution in [2.45, 2.75) is 0 Å². The Kier molecular flexibility index (Phi) is 3.09. The molecular weight excluding hydrogens is 257 g/mol. The van der Waals surface area contributed by atoms with E-state index in [4.69, 9.17) is 0 Å². The first-order valence-corrected chi connectivity index (χ1v) is 6.00. The Labute approximate surface area is 114 Å². The second-order valence-electron chi connectivity index (χ2n) is 4.19. The molecule has 3 aromatic rings. The van der Waals surface area contributed by atoms with Crippen LogP contribution in [-0.4, -0.2) is 20.5 Å². The van der Waals surface area contributed by atoms with Gasteiger partial charge in [0.25, 0.3) is 0 Å². The summed E-state index contributed by atoms with van der Waals surface area (Å²) in [5.41, 5.74) is 1.16. The van der Waals surface area contributed by atoms with Crippen LogP contribution in [0.3, 0.4) is 0 Å². The van der Waals surface area contributed by atoms with E-state index in [9.17, 15) is 9.18 Å². The van der Waals surface area contributed by atoms with E-state index < -0.39 is 11.6 Å². The van der Waals surface area contributed by atoms with Crippen LogP contribution in [0, 0.1) is 5.82 Å². The van der Waals surface area contributed by atoms with Crippen molar-refractivity contribution in [2.24, 2.45) is 0 Å². The van der Waals surface area contributed by atoms with Crippen LogP contribution in [0.25, 0.3) is 5.69 Å². The molecule has 0 atom stereocenters. The summed E-state index contributed by atoms with van der Waals surface area (Å²) in [4.78, 5) is 15.8. The van der Waals surface area contributed by atoms with Crippen LogP contribution in [0.5, 0.6) is 0 Å². The summed E-state index contributed by atoms with van der Waals surface area (Å²) in [6, 6.07) is 10.7. The molecule has 0 unspecified atom stereocenters. The van der Waals surface area contributed by atoms with E-state index in [1.54, 1.807) is 10.9 Å². The molecule has 2 aromatic heterocycles. The molecule has 98 valence electrons. The van der Waals surface area contributed by atoms with Gasteiger partial charge in [0.15, 0.2) is 11.6 Å². The molecule has 0 radical (unpaired) electrons. The van der Waals surface area contributed by atoms with E-state index in [1.165, 1.54) is 18.5 Å². The van der Waals surface area contributed by atoms with Crippen molar-refractivity contribution in [3.8, 4) is 5.69 Å². The SMILES string of the molecule is O=C(c1cnn(-c2ccccc2)c1)c1ccncc1F. The number of halogens is 1. The van der Waals surface area contributed by atoms with E-state index in [1.807, 2.05) is 30.3 Å². The van der Waals surface area contributed by atoms with Gasteiger partial charge >= 0.3 is 0 Å². The summed E-state index contributed by atoms with van der Waals surface area (Å²) in [5.74, 6) is -1.04. The van der Waals surface area contributed by atoms with Crippen molar-refractivity contribution in [3.05, 3.63) is 78.1 Å². The first-order chi connectivity index (χ1) is 9.75. The summed E-state index contributed by atoms with van der Waals surface area (Å²) in [7, 11) is 0. The third-order valence-electron chi connectivity index (χ3n) is 2.88. The summed E-state index contributed by atoms with van der Waals surface area (Å²) in [6.07, 6.45) is 5.42. The van der Waals surface area contributed by atoms with Crippen LogP contribution in [0.15, 0.2) is 61.2 Å². The molecule has 1 aromatic carbocycles. The summed E-state index contributed by atoms with van der Waals surface area (Å²) < 4.78 is 15.1. The number of pyridine rings is 1. The molecule has 20 heavy (non-hydrogen) atoms. The van der Waals surface area contributed by atoms with Crippen molar-refractivity contribution in [2.75, 3.05) is 0 Å². The maximum atomic E-state index is 13.5. The van der Waals surface area contributed by atoms with Gasteiger partial charge in [0, 0.05) is 12.4 Å². The first-order valence-electron chi connectivity index (χ1n) is 6.00. The average molecular weight is 267 g/mol. The minimum Gasteiger partial charge on any atom is -0.288 e. The monoisotopic (exact) mass is 267 g/mol. The van der Waals surface area contributed by atoms with Crippen molar-refractivity contribution in [1.29, 1.82) is 0 Å². The molecule has 0 N–H and O–H groups in total. The minimum atomic E-state index is -0.634. The number of carbonyl (C=O) groups is 1. The quantitative estimate of drug-likeness (QED) is 0.685. The number of rotatable bonds is 3. The van der Waals surface area contributed by atoms with Gasteiger partial charge in [-0.05, 0) is 18.2 Å². The van der Waals surface area contributed by atoms with Crippen LogP contribution in [0.2, 0.25) is 0 Å². The second-order valence-corrected chi connectivity index (χ2v) is 4.19. The molecule has 3 rings (SSSR count). The Bertz CT molecular complexity index is 753. The zero-order valence-electron chi connectivity index (χ0n) is 10.4. The van der Waals surface area contributed by atoms with E-state index in [0.717, 1.165) is 11.9 Å². The Hall–Kier alpha value is -2.82. The summed E-state index contributed by atoms with van der Waals surface area (Å²) in [6.45, 7) is 0. The zero-order chi connectivity index (χ0) is 13.9.